The minimum Gasteiger partial charge on any atom is -0.497 e. The summed E-state index contributed by atoms with van der Waals surface area (Å²) in [6, 6.07) is 13.5. The molecule has 0 spiro atoms. The molecule has 0 aliphatic carbocycles. The van der Waals surface area contributed by atoms with E-state index in [4.69, 9.17) is 4.74 Å². The number of hydrogen-bond donors (Lipinski definition) is 1. The maximum Gasteiger partial charge on any atom is 0.244 e. The van der Waals surface area contributed by atoms with E-state index in [0.29, 0.717) is 11.6 Å². The van der Waals surface area contributed by atoms with Gasteiger partial charge in [0.25, 0.3) is 0 Å². The average Bonchev–Trinajstić information content (AvgIpc) is 2.67. The number of benzene rings is 2. The molecule has 1 N–H and O–H groups in total. The van der Waals surface area contributed by atoms with Crippen LogP contribution in [0.1, 0.15) is 44.4 Å². The van der Waals surface area contributed by atoms with Gasteiger partial charge in [-0.1, -0.05) is 43.7 Å². The Balaban J connectivity index is 2.30. The van der Waals surface area contributed by atoms with Gasteiger partial charge < -0.3 is 10.1 Å². The number of nitrogens with one attached hydrogen (secondary N) is 1. The first-order valence-electron chi connectivity index (χ1n) is 10.0. The van der Waals surface area contributed by atoms with Gasteiger partial charge in [0.15, 0.2) is 0 Å². The first kappa shape index (κ1) is 23.7. The van der Waals surface area contributed by atoms with Gasteiger partial charge >= 0.3 is 0 Å². The highest BCUT2D eigenvalue weighted by Crippen LogP contribution is 2.25. The Morgan fingerprint density at radius 2 is 1.60 bits per heavy atom. The van der Waals surface area contributed by atoms with Gasteiger partial charge in [0.05, 0.1) is 25.1 Å². The highest BCUT2D eigenvalue weighted by Gasteiger charge is 2.30. The van der Waals surface area contributed by atoms with Gasteiger partial charge in [-0.15, -0.1) is 0 Å². The Morgan fingerprint density at radius 3 is 2.07 bits per heavy atom. The van der Waals surface area contributed by atoms with Crippen LogP contribution in [0.4, 0.5) is 5.69 Å². The molecule has 2 aromatic rings. The molecule has 2 atom stereocenters. The second kappa shape index (κ2) is 9.98. The van der Waals surface area contributed by atoms with Gasteiger partial charge in [0.1, 0.15) is 11.8 Å². The predicted molar refractivity (Wildman–Crippen MR) is 121 cm³/mol. The van der Waals surface area contributed by atoms with Crippen molar-refractivity contribution < 1.29 is 17.9 Å². The van der Waals surface area contributed by atoms with Crippen LogP contribution in [0.5, 0.6) is 5.75 Å². The van der Waals surface area contributed by atoms with E-state index in [1.807, 2.05) is 43.3 Å². The fourth-order valence-electron chi connectivity index (χ4n) is 3.38. The minimum absolute atomic E-state index is 0.231. The van der Waals surface area contributed by atoms with Crippen molar-refractivity contribution in [2.75, 3.05) is 17.7 Å². The van der Waals surface area contributed by atoms with Crippen LogP contribution in [-0.4, -0.2) is 33.7 Å². The minimum atomic E-state index is -3.65. The standard InChI is InChI=1S/C23H32N2O4S/c1-16(2)15-22(19-9-13-21(29-5)14-10-19)24-23(26)18(4)25(30(6,27)28)20-11-7-17(3)8-12-20/h7-14,16,18,22H,15H2,1-6H3,(H,24,26)/t18-,22-/m1/s1. The Labute approximate surface area is 180 Å². The molecular formula is C23H32N2O4S. The number of sulfonamides is 1. The average molecular weight is 433 g/mol. The van der Waals surface area contributed by atoms with Crippen molar-refractivity contribution in [3.8, 4) is 5.75 Å². The molecule has 6 nitrogen and oxygen atoms in total. The van der Waals surface area contributed by atoms with Crippen LogP contribution in [0.25, 0.3) is 0 Å². The number of ether oxygens (including phenoxy) is 1. The van der Waals surface area contributed by atoms with Crippen molar-refractivity contribution in [2.45, 2.75) is 46.2 Å². The van der Waals surface area contributed by atoms with E-state index in [9.17, 15) is 13.2 Å². The van der Waals surface area contributed by atoms with Crippen LogP contribution in [0.3, 0.4) is 0 Å². The lowest BCUT2D eigenvalue weighted by Gasteiger charge is -2.30. The zero-order chi connectivity index (χ0) is 22.5. The summed E-state index contributed by atoms with van der Waals surface area (Å²) in [6.45, 7) is 7.70. The number of rotatable bonds is 9. The summed E-state index contributed by atoms with van der Waals surface area (Å²) < 4.78 is 31.4. The molecule has 30 heavy (non-hydrogen) atoms. The molecule has 1 amide bonds. The first-order chi connectivity index (χ1) is 14.0. The molecule has 0 bridgehead atoms. The van der Waals surface area contributed by atoms with Gasteiger partial charge in [-0.25, -0.2) is 8.42 Å². The highest BCUT2D eigenvalue weighted by molar-refractivity contribution is 7.92. The number of carbonyl (C=O) groups is 1. The Hall–Kier alpha value is -2.54. The second-order valence-electron chi connectivity index (χ2n) is 8.03. The van der Waals surface area contributed by atoms with E-state index < -0.39 is 16.1 Å². The van der Waals surface area contributed by atoms with Gasteiger partial charge in [-0.05, 0) is 56.0 Å². The molecule has 0 aliphatic heterocycles. The zero-order valence-electron chi connectivity index (χ0n) is 18.5. The number of carbonyl (C=O) groups excluding carboxylic acids is 1. The first-order valence-corrected chi connectivity index (χ1v) is 11.9. The number of anilines is 1. The van der Waals surface area contributed by atoms with Gasteiger partial charge in [0, 0.05) is 0 Å². The largest absolute Gasteiger partial charge is 0.497 e. The lowest BCUT2D eigenvalue weighted by Crippen LogP contribution is -2.48. The van der Waals surface area contributed by atoms with Crippen LogP contribution in [-0.2, 0) is 14.8 Å². The van der Waals surface area contributed by atoms with E-state index in [-0.39, 0.29) is 11.9 Å². The summed E-state index contributed by atoms with van der Waals surface area (Å²) in [5.41, 5.74) is 2.43. The molecule has 164 valence electrons. The van der Waals surface area contributed by atoms with Crippen LogP contribution >= 0.6 is 0 Å². The van der Waals surface area contributed by atoms with Gasteiger partial charge in [-0.3, -0.25) is 9.10 Å². The van der Waals surface area contributed by atoms with Crippen molar-refractivity contribution in [2.24, 2.45) is 5.92 Å². The van der Waals surface area contributed by atoms with Crippen molar-refractivity contribution in [3.05, 3.63) is 59.7 Å². The van der Waals surface area contributed by atoms with Crippen LogP contribution in [0.15, 0.2) is 48.5 Å². The topological polar surface area (TPSA) is 75.7 Å². The quantitative estimate of drug-likeness (QED) is 0.648. The summed E-state index contributed by atoms with van der Waals surface area (Å²) in [4.78, 5) is 13.1. The summed E-state index contributed by atoms with van der Waals surface area (Å²) in [6.07, 6.45) is 1.85. The number of nitrogens with zero attached hydrogens (tertiary/aromatic N) is 1. The number of amides is 1. The Bertz CT molecular complexity index is 938. The molecule has 7 heteroatoms. The van der Waals surface area contributed by atoms with E-state index in [2.05, 4.69) is 19.2 Å². The van der Waals surface area contributed by atoms with Crippen LogP contribution in [0.2, 0.25) is 0 Å². The molecular weight excluding hydrogens is 400 g/mol. The van der Waals surface area contributed by atoms with Gasteiger partial charge in [-0.2, -0.15) is 0 Å². The zero-order valence-corrected chi connectivity index (χ0v) is 19.4. The molecule has 0 aromatic heterocycles. The Kier molecular flexibility index (Phi) is 7.89. The fraction of sp³-hybridized carbons (Fsp3) is 0.435. The second-order valence-corrected chi connectivity index (χ2v) is 9.89. The lowest BCUT2D eigenvalue weighted by molar-refractivity contribution is -0.122. The third-order valence-corrected chi connectivity index (χ3v) is 6.16. The normalized spacial score (nSPS) is 13.6. The molecule has 2 aromatic carbocycles. The molecule has 2 rings (SSSR count). The van der Waals surface area contributed by atoms with Crippen molar-refractivity contribution in [1.29, 1.82) is 0 Å². The Morgan fingerprint density at radius 1 is 1.03 bits per heavy atom. The molecule has 0 saturated heterocycles. The third-order valence-electron chi connectivity index (χ3n) is 4.92. The summed E-state index contributed by atoms with van der Waals surface area (Å²) in [7, 11) is -2.05. The van der Waals surface area contributed by atoms with E-state index in [0.717, 1.165) is 29.6 Å². The molecule has 0 saturated carbocycles. The molecule has 0 heterocycles. The SMILES string of the molecule is COc1ccc([C@@H](CC(C)C)NC(=O)[C@@H](C)N(c2ccc(C)cc2)S(C)(=O)=O)cc1. The van der Waals surface area contributed by atoms with E-state index in [1.165, 1.54) is 4.31 Å². The molecule has 0 fully saturated rings. The monoisotopic (exact) mass is 432 g/mol. The lowest BCUT2D eigenvalue weighted by atomic mass is 9.96. The van der Waals surface area contributed by atoms with Gasteiger partial charge in [0.2, 0.25) is 15.9 Å². The van der Waals surface area contributed by atoms with Crippen molar-refractivity contribution >= 4 is 21.6 Å². The molecule has 0 unspecified atom stereocenters. The van der Waals surface area contributed by atoms with E-state index >= 15 is 0 Å². The third kappa shape index (κ3) is 6.23. The number of aryl methyl sites for hydroxylation is 1. The summed E-state index contributed by atoms with van der Waals surface area (Å²) >= 11 is 0. The summed E-state index contributed by atoms with van der Waals surface area (Å²) in [5, 5.41) is 3.05. The van der Waals surface area contributed by atoms with E-state index in [1.54, 1.807) is 26.2 Å². The summed E-state index contributed by atoms with van der Waals surface area (Å²) in [5.74, 6) is 0.739. The highest BCUT2D eigenvalue weighted by atomic mass is 32.2. The molecule has 0 aliphatic rings. The van der Waals surface area contributed by atoms with Crippen LogP contribution < -0.4 is 14.4 Å². The van der Waals surface area contributed by atoms with Crippen molar-refractivity contribution in [1.82, 2.24) is 5.32 Å². The molecule has 0 radical (unpaired) electrons. The fourth-order valence-corrected chi connectivity index (χ4v) is 4.55. The number of hydrogen-bond acceptors (Lipinski definition) is 4. The predicted octanol–water partition coefficient (Wildman–Crippen LogP) is 4.06. The van der Waals surface area contributed by atoms with Crippen molar-refractivity contribution in [3.63, 3.8) is 0 Å². The maximum absolute atomic E-state index is 13.1. The maximum atomic E-state index is 13.1. The van der Waals surface area contributed by atoms with Crippen LogP contribution in [0, 0.1) is 12.8 Å². The smallest absolute Gasteiger partial charge is 0.244 e. The number of methoxy groups -OCH3 is 1.